The Kier molecular flexibility index (Phi) is 5.15. The molecule has 2 N–H and O–H groups in total. The van der Waals surface area contributed by atoms with Crippen molar-refractivity contribution in [1.29, 1.82) is 0 Å². The van der Waals surface area contributed by atoms with E-state index in [1.807, 2.05) is 16.2 Å². The van der Waals surface area contributed by atoms with Crippen molar-refractivity contribution in [2.75, 3.05) is 25.1 Å². The third-order valence-corrected chi connectivity index (χ3v) is 4.25. The van der Waals surface area contributed by atoms with Gasteiger partial charge in [-0.25, -0.2) is 14.6 Å². The number of aromatic nitrogens is 6. The molecule has 12 heteroatoms. The van der Waals surface area contributed by atoms with Crippen LogP contribution in [0.4, 0.5) is 16.0 Å². The monoisotopic (exact) mass is 395 g/mol. The molecule has 1 fully saturated rings. The van der Waals surface area contributed by atoms with Crippen molar-refractivity contribution in [2.24, 2.45) is 0 Å². The highest BCUT2D eigenvalue weighted by Gasteiger charge is 2.25. The molecular weight excluding hydrogens is 376 g/mol. The van der Waals surface area contributed by atoms with Gasteiger partial charge in [0.2, 0.25) is 5.88 Å². The standard InChI is InChI=1S/C15H19FN7O3P/c1-8(10-7-24-2-3-25-10)23-14-9(5-18-23)17-6-12(20-14)19-11-4-13(22-21-11)26-15(16)27/h4-6,8,10,15H,2-3,7,27H2,1H3,(H2,19,20,21,22)/t8-,10+,15?/m1/s1. The maximum atomic E-state index is 12.9. The van der Waals surface area contributed by atoms with Crippen LogP contribution >= 0.6 is 9.24 Å². The minimum absolute atomic E-state index is 0.0666. The lowest BCUT2D eigenvalue weighted by atomic mass is 10.2. The van der Waals surface area contributed by atoms with Crippen molar-refractivity contribution < 1.29 is 18.6 Å². The molecule has 0 aliphatic carbocycles. The van der Waals surface area contributed by atoms with Gasteiger partial charge in [0.05, 0.1) is 38.3 Å². The number of hydrogen-bond acceptors (Lipinski definition) is 8. The van der Waals surface area contributed by atoms with Crippen LogP contribution in [0.25, 0.3) is 11.2 Å². The second-order valence-corrected chi connectivity index (χ2v) is 6.52. The number of rotatable bonds is 6. The van der Waals surface area contributed by atoms with Crippen LogP contribution in [-0.4, -0.2) is 62.0 Å². The lowest BCUT2D eigenvalue weighted by Gasteiger charge is -2.28. The van der Waals surface area contributed by atoms with E-state index in [0.29, 0.717) is 42.6 Å². The number of nitrogens with one attached hydrogen (secondary N) is 2. The van der Waals surface area contributed by atoms with Gasteiger partial charge in [0.25, 0.3) is 6.10 Å². The number of ether oxygens (including phenoxy) is 3. The quantitative estimate of drug-likeness (QED) is 0.608. The summed E-state index contributed by atoms with van der Waals surface area (Å²) >= 11 is 0. The van der Waals surface area contributed by atoms with Crippen LogP contribution in [0.3, 0.4) is 0 Å². The summed E-state index contributed by atoms with van der Waals surface area (Å²) < 4.78 is 30.7. The van der Waals surface area contributed by atoms with E-state index in [-0.39, 0.29) is 18.0 Å². The summed E-state index contributed by atoms with van der Waals surface area (Å²) in [6, 6.07) is 1.46. The third kappa shape index (κ3) is 4.00. The van der Waals surface area contributed by atoms with E-state index in [4.69, 9.17) is 14.2 Å². The predicted octanol–water partition coefficient (Wildman–Crippen LogP) is 1.78. The molecule has 0 radical (unpaired) electrons. The fraction of sp³-hybridized carbons (Fsp3) is 0.467. The molecule has 0 aromatic carbocycles. The van der Waals surface area contributed by atoms with Crippen LogP contribution in [0, 0.1) is 0 Å². The van der Waals surface area contributed by atoms with E-state index in [9.17, 15) is 4.39 Å². The van der Waals surface area contributed by atoms with Crippen molar-refractivity contribution in [2.45, 2.75) is 25.2 Å². The number of nitrogens with zero attached hydrogens (tertiary/aromatic N) is 5. The van der Waals surface area contributed by atoms with E-state index in [1.165, 1.54) is 6.07 Å². The maximum Gasteiger partial charge on any atom is 0.251 e. The SMILES string of the molecule is C[C@H]([C@@H]1COCCO1)n1ncc2ncc(Nc3cc(OC(F)P)n[nH]3)nc21. The van der Waals surface area contributed by atoms with Gasteiger partial charge in [0.15, 0.2) is 11.5 Å². The smallest absolute Gasteiger partial charge is 0.251 e. The minimum atomic E-state index is -1.53. The van der Waals surface area contributed by atoms with Gasteiger partial charge < -0.3 is 19.5 Å². The Labute approximate surface area is 156 Å². The summed E-state index contributed by atoms with van der Waals surface area (Å²) in [6.07, 6.45) is 1.61. The molecule has 1 aliphatic rings. The third-order valence-electron chi connectivity index (χ3n) is 4.12. The Morgan fingerprint density at radius 1 is 1.44 bits per heavy atom. The molecule has 4 rings (SSSR count). The molecule has 4 heterocycles. The molecule has 27 heavy (non-hydrogen) atoms. The van der Waals surface area contributed by atoms with Crippen molar-refractivity contribution in [3.63, 3.8) is 0 Å². The fourth-order valence-corrected chi connectivity index (χ4v) is 2.94. The summed E-state index contributed by atoms with van der Waals surface area (Å²) in [6.45, 7) is 3.68. The van der Waals surface area contributed by atoms with E-state index in [2.05, 4.69) is 30.6 Å². The van der Waals surface area contributed by atoms with E-state index in [0.717, 1.165) is 0 Å². The highest BCUT2D eigenvalue weighted by molar-refractivity contribution is 7.16. The van der Waals surface area contributed by atoms with Crippen LogP contribution in [0.1, 0.15) is 13.0 Å². The van der Waals surface area contributed by atoms with Crippen molar-refractivity contribution in [3.05, 3.63) is 18.5 Å². The van der Waals surface area contributed by atoms with E-state index < -0.39 is 6.10 Å². The molecular formula is C15H19FN7O3P. The van der Waals surface area contributed by atoms with E-state index >= 15 is 0 Å². The minimum Gasteiger partial charge on any atom is -0.439 e. The number of alkyl halides is 1. The first-order chi connectivity index (χ1) is 13.1. The van der Waals surface area contributed by atoms with Gasteiger partial charge in [-0.05, 0) is 6.92 Å². The highest BCUT2D eigenvalue weighted by Crippen LogP contribution is 2.23. The Bertz CT molecular complexity index is 912. The largest absolute Gasteiger partial charge is 0.439 e. The Morgan fingerprint density at radius 2 is 2.33 bits per heavy atom. The van der Waals surface area contributed by atoms with Crippen molar-refractivity contribution >= 4 is 32.0 Å². The van der Waals surface area contributed by atoms with Crippen LogP contribution in [-0.2, 0) is 9.47 Å². The average Bonchev–Trinajstić information content (AvgIpc) is 3.28. The van der Waals surface area contributed by atoms with Crippen LogP contribution in [0.15, 0.2) is 18.5 Å². The topological polar surface area (TPSA) is 112 Å². The zero-order chi connectivity index (χ0) is 18.8. The van der Waals surface area contributed by atoms with Crippen molar-refractivity contribution in [1.82, 2.24) is 29.9 Å². The zero-order valence-corrected chi connectivity index (χ0v) is 15.7. The van der Waals surface area contributed by atoms with E-state index in [1.54, 1.807) is 17.1 Å². The van der Waals surface area contributed by atoms with Gasteiger partial charge in [-0.1, -0.05) is 9.24 Å². The Balaban J connectivity index is 1.55. The number of anilines is 2. The number of fused-ring (bicyclic) bond motifs is 1. The lowest BCUT2D eigenvalue weighted by Crippen LogP contribution is -2.35. The molecule has 10 nitrogen and oxygen atoms in total. The number of halogens is 1. The molecule has 0 amide bonds. The molecule has 4 atom stereocenters. The molecule has 0 bridgehead atoms. The van der Waals surface area contributed by atoms with Gasteiger partial charge in [-0.15, -0.1) is 5.10 Å². The molecule has 2 unspecified atom stereocenters. The van der Waals surface area contributed by atoms with Gasteiger partial charge in [0.1, 0.15) is 17.4 Å². The van der Waals surface area contributed by atoms with Crippen LogP contribution < -0.4 is 10.1 Å². The predicted molar refractivity (Wildman–Crippen MR) is 97.7 cm³/mol. The molecule has 1 saturated heterocycles. The van der Waals surface area contributed by atoms with Gasteiger partial charge in [0, 0.05) is 6.07 Å². The summed E-state index contributed by atoms with van der Waals surface area (Å²) in [5.41, 5.74) is 1.28. The first-order valence-electron chi connectivity index (χ1n) is 8.38. The van der Waals surface area contributed by atoms with Gasteiger partial charge in [-0.3, -0.25) is 5.10 Å². The second-order valence-electron chi connectivity index (χ2n) is 5.99. The summed E-state index contributed by atoms with van der Waals surface area (Å²) in [5, 5.41) is 14.0. The lowest BCUT2D eigenvalue weighted by molar-refractivity contribution is -0.106. The van der Waals surface area contributed by atoms with Crippen LogP contribution in [0.2, 0.25) is 0 Å². The maximum absolute atomic E-state index is 12.9. The number of aromatic amines is 1. The van der Waals surface area contributed by atoms with Gasteiger partial charge in [-0.2, -0.15) is 9.49 Å². The molecule has 3 aromatic rings. The van der Waals surface area contributed by atoms with Gasteiger partial charge >= 0.3 is 0 Å². The summed E-state index contributed by atoms with van der Waals surface area (Å²) in [4.78, 5) is 8.95. The molecule has 0 saturated carbocycles. The highest BCUT2D eigenvalue weighted by atomic mass is 31.0. The summed E-state index contributed by atoms with van der Waals surface area (Å²) in [5.74, 6) is 1.10. The molecule has 144 valence electrons. The number of H-pyrrole nitrogens is 1. The summed E-state index contributed by atoms with van der Waals surface area (Å²) in [7, 11) is 1.89. The second kappa shape index (κ2) is 7.71. The normalized spacial score (nSPS) is 19.7. The number of hydrogen-bond donors (Lipinski definition) is 2. The zero-order valence-electron chi connectivity index (χ0n) is 14.5. The average molecular weight is 395 g/mol. The first-order valence-corrected chi connectivity index (χ1v) is 9.05. The molecule has 3 aromatic heterocycles. The first kappa shape index (κ1) is 18.0. The van der Waals surface area contributed by atoms with Crippen LogP contribution in [0.5, 0.6) is 5.88 Å². The Hall–Kier alpha value is -2.36. The Morgan fingerprint density at radius 3 is 3.11 bits per heavy atom. The van der Waals surface area contributed by atoms with Crippen molar-refractivity contribution in [3.8, 4) is 5.88 Å². The molecule has 0 spiro atoms. The molecule has 1 aliphatic heterocycles. The fourth-order valence-electron chi connectivity index (χ4n) is 2.80.